The van der Waals surface area contributed by atoms with Crippen LogP contribution < -0.4 is 11.1 Å². The first-order valence-electron chi connectivity index (χ1n) is 5.70. The largest absolute Gasteiger partial charge is 0.404 e. The molecular weight excluding hydrogens is 196 g/mol. The van der Waals surface area contributed by atoms with E-state index in [0.717, 1.165) is 23.4 Å². The smallest absolute Gasteiger partial charge is 0.0340 e. The number of nitrogens with one attached hydrogen (secondary N) is 1. The van der Waals surface area contributed by atoms with Gasteiger partial charge in [0.1, 0.15) is 0 Å². The molecule has 0 spiro atoms. The first-order valence-corrected chi connectivity index (χ1v) is 5.70. The van der Waals surface area contributed by atoms with Gasteiger partial charge in [-0.05, 0) is 29.7 Å². The Morgan fingerprint density at radius 2 is 2.06 bits per heavy atom. The van der Waals surface area contributed by atoms with Gasteiger partial charge in [-0.1, -0.05) is 38.1 Å². The van der Waals surface area contributed by atoms with E-state index in [0.29, 0.717) is 0 Å². The van der Waals surface area contributed by atoms with Crippen LogP contribution in [0.2, 0.25) is 0 Å². The number of hydrogen-bond acceptors (Lipinski definition) is 2. The molecule has 0 aliphatic heterocycles. The predicted octanol–water partition coefficient (Wildman–Crippen LogP) is 3.38. The Hall–Kier alpha value is -1.70. The molecule has 0 atom stereocenters. The highest BCUT2D eigenvalue weighted by atomic mass is 14.9. The number of benzene rings is 1. The highest BCUT2D eigenvalue weighted by Gasteiger charge is 1.96. The van der Waals surface area contributed by atoms with Gasteiger partial charge in [-0.15, -0.1) is 0 Å². The SMILES string of the molecule is C=C/C(=C\N)c1ccc(NCCCC)cc1. The number of anilines is 1. The summed E-state index contributed by atoms with van der Waals surface area (Å²) in [4.78, 5) is 0. The minimum Gasteiger partial charge on any atom is -0.404 e. The molecule has 0 amide bonds. The summed E-state index contributed by atoms with van der Waals surface area (Å²) < 4.78 is 0. The summed E-state index contributed by atoms with van der Waals surface area (Å²) in [6.07, 6.45) is 5.75. The molecule has 0 radical (unpaired) electrons. The Labute approximate surface area is 97.9 Å². The molecule has 0 unspecified atom stereocenters. The van der Waals surface area contributed by atoms with Gasteiger partial charge in [0.05, 0.1) is 0 Å². The van der Waals surface area contributed by atoms with Crippen LogP contribution >= 0.6 is 0 Å². The number of hydrogen-bond donors (Lipinski definition) is 2. The Kier molecular flexibility index (Phi) is 5.20. The topological polar surface area (TPSA) is 38.0 Å². The average Bonchev–Trinajstić information content (AvgIpc) is 2.33. The fraction of sp³-hybridized carbons (Fsp3) is 0.286. The van der Waals surface area contributed by atoms with Crippen molar-refractivity contribution in [3.63, 3.8) is 0 Å². The molecule has 3 N–H and O–H groups in total. The van der Waals surface area contributed by atoms with Crippen molar-refractivity contribution < 1.29 is 0 Å². The van der Waals surface area contributed by atoms with Crippen LogP contribution in [-0.2, 0) is 0 Å². The second-order valence-electron chi connectivity index (χ2n) is 3.68. The summed E-state index contributed by atoms with van der Waals surface area (Å²) in [7, 11) is 0. The first-order chi connectivity index (χ1) is 7.81. The Morgan fingerprint density at radius 3 is 2.56 bits per heavy atom. The summed E-state index contributed by atoms with van der Waals surface area (Å²) in [5.74, 6) is 0. The van der Waals surface area contributed by atoms with Crippen LogP contribution in [0.25, 0.3) is 5.57 Å². The third kappa shape index (κ3) is 3.46. The van der Waals surface area contributed by atoms with E-state index in [1.807, 2.05) is 0 Å². The second-order valence-corrected chi connectivity index (χ2v) is 3.68. The summed E-state index contributed by atoms with van der Waals surface area (Å²) in [6.45, 7) is 6.94. The molecule has 2 nitrogen and oxygen atoms in total. The van der Waals surface area contributed by atoms with Crippen molar-refractivity contribution in [1.29, 1.82) is 0 Å². The van der Waals surface area contributed by atoms with E-state index < -0.39 is 0 Å². The lowest BCUT2D eigenvalue weighted by molar-refractivity contribution is 0.834. The van der Waals surface area contributed by atoms with Crippen LogP contribution in [-0.4, -0.2) is 6.54 Å². The third-order valence-electron chi connectivity index (χ3n) is 2.48. The van der Waals surface area contributed by atoms with Crippen molar-refractivity contribution in [2.75, 3.05) is 11.9 Å². The van der Waals surface area contributed by atoms with Crippen LogP contribution in [0.4, 0.5) is 5.69 Å². The molecule has 1 rings (SSSR count). The lowest BCUT2D eigenvalue weighted by Gasteiger charge is -2.07. The van der Waals surface area contributed by atoms with Gasteiger partial charge in [0.2, 0.25) is 0 Å². The normalized spacial score (nSPS) is 11.2. The molecule has 1 aromatic carbocycles. The van der Waals surface area contributed by atoms with E-state index in [1.165, 1.54) is 12.8 Å². The van der Waals surface area contributed by atoms with Gasteiger partial charge >= 0.3 is 0 Å². The molecule has 0 heterocycles. The Balaban J connectivity index is 2.64. The highest BCUT2D eigenvalue weighted by Crippen LogP contribution is 2.17. The van der Waals surface area contributed by atoms with Crippen LogP contribution in [0, 0.1) is 0 Å². The molecule has 0 aliphatic rings. The number of rotatable bonds is 6. The summed E-state index contributed by atoms with van der Waals surface area (Å²) in [5.41, 5.74) is 8.71. The highest BCUT2D eigenvalue weighted by molar-refractivity contribution is 5.73. The Bertz CT molecular complexity index is 350. The van der Waals surface area contributed by atoms with E-state index >= 15 is 0 Å². The summed E-state index contributed by atoms with van der Waals surface area (Å²) in [5, 5.41) is 3.37. The van der Waals surface area contributed by atoms with Crippen molar-refractivity contribution in [3.8, 4) is 0 Å². The van der Waals surface area contributed by atoms with Gasteiger partial charge in [-0.2, -0.15) is 0 Å². The predicted molar refractivity (Wildman–Crippen MR) is 72.2 cm³/mol. The van der Waals surface area contributed by atoms with Gasteiger partial charge in [0.25, 0.3) is 0 Å². The number of allylic oxidation sites excluding steroid dienone is 2. The van der Waals surface area contributed by atoms with Crippen LogP contribution in [0.1, 0.15) is 25.3 Å². The maximum absolute atomic E-state index is 5.50. The van der Waals surface area contributed by atoms with Gasteiger partial charge < -0.3 is 11.1 Å². The lowest BCUT2D eigenvalue weighted by Crippen LogP contribution is -2.00. The van der Waals surface area contributed by atoms with Crippen molar-refractivity contribution >= 4 is 11.3 Å². The molecule has 0 aliphatic carbocycles. The van der Waals surface area contributed by atoms with Gasteiger partial charge in [-0.3, -0.25) is 0 Å². The molecule has 0 bridgehead atoms. The summed E-state index contributed by atoms with van der Waals surface area (Å²) in [6, 6.07) is 8.24. The average molecular weight is 216 g/mol. The van der Waals surface area contributed by atoms with Gasteiger partial charge in [0.15, 0.2) is 0 Å². The standard InChI is InChI=1S/C14H20N2/c1-3-5-10-16-14-8-6-13(7-9-14)12(4-2)11-15/h4,6-9,11,16H,2-3,5,10,15H2,1H3/b12-11+. The Morgan fingerprint density at radius 1 is 1.38 bits per heavy atom. The van der Waals surface area contributed by atoms with E-state index in [9.17, 15) is 0 Å². The number of unbranched alkanes of at least 4 members (excludes halogenated alkanes) is 1. The monoisotopic (exact) mass is 216 g/mol. The lowest BCUT2D eigenvalue weighted by atomic mass is 10.1. The maximum Gasteiger partial charge on any atom is 0.0340 e. The van der Waals surface area contributed by atoms with E-state index in [-0.39, 0.29) is 0 Å². The second kappa shape index (κ2) is 6.72. The van der Waals surface area contributed by atoms with Crippen molar-refractivity contribution in [3.05, 3.63) is 48.7 Å². The molecular formula is C14H20N2. The molecule has 0 aromatic heterocycles. The molecule has 16 heavy (non-hydrogen) atoms. The molecule has 1 aromatic rings. The number of nitrogens with two attached hydrogens (primary N) is 1. The van der Waals surface area contributed by atoms with Gasteiger partial charge in [-0.25, -0.2) is 0 Å². The maximum atomic E-state index is 5.50. The van der Waals surface area contributed by atoms with Crippen LogP contribution in [0.3, 0.4) is 0 Å². The van der Waals surface area contributed by atoms with E-state index in [4.69, 9.17) is 5.73 Å². The molecule has 0 fully saturated rings. The fourth-order valence-electron chi connectivity index (χ4n) is 1.47. The van der Waals surface area contributed by atoms with Crippen molar-refractivity contribution in [2.45, 2.75) is 19.8 Å². The first kappa shape index (κ1) is 12.4. The van der Waals surface area contributed by atoms with E-state index in [2.05, 4.69) is 43.1 Å². The third-order valence-corrected chi connectivity index (χ3v) is 2.48. The van der Waals surface area contributed by atoms with E-state index in [1.54, 1.807) is 12.3 Å². The molecule has 0 saturated heterocycles. The van der Waals surface area contributed by atoms with Crippen LogP contribution in [0.5, 0.6) is 0 Å². The minimum absolute atomic E-state index is 0.958. The quantitative estimate of drug-likeness (QED) is 0.565. The molecule has 86 valence electrons. The van der Waals surface area contributed by atoms with Crippen molar-refractivity contribution in [2.24, 2.45) is 5.73 Å². The molecule has 0 saturated carbocycles. The van der Waals surface area contributed by atoms with Gasteiger partial charge in [0, 0.05) is 18.4 Å². The van der Waals surface area contributed by atoms with Crippen molar-refractivity contribution in [1.82, 2.24) is 0 Å². The minimum atomic E-state index is 0.958. The zero-order valence-corrected chi connectivity index (χ0v) is 9.87. The zero-order valence-electron chi connectivity index (χ0n) is 9.87. The van der Waals surface area contributed by atoms with Crippen LogP contribution in [0.15, 0.2) is 43.1 Å². The molecule has 2 heteroatoms. The fourth-order valence-corrected chi connectivity index (χ4v) is 1.47. The summed E-state index contributed by atoms with van der Waals surface area (Å²) >= 11 is 0. The zero-order chi connectivity index (χ0) is 11.8.